The number of halogens is 2. The first-order chi connectivity index (χ1) is 13.0. The second-order valence-electron chi connectivity index (χ2n) is 6.64. The number of carbonyl (C=O) groups is 1. The van der Waals surface area contributed by atoms with Gasteiger partial charge >= 0.3 is 0 Å². The van der Waals surface area contributed by atoms with Crippen LogP contribution >= 0.6 is 11.6 Å². The molecule has 0 unspecified atom stereocenters. The first-order valence-corrected chi connectivity index (χ1v) is 9.25. The van der Waals surface area contributed by atoms with Crippen LogP contribution in [0.25, 0.3) is 5.52 Å². The van der Waals surface area contributed by atoms with E-state index in [0.29, 0.717) is 11.2 Å². The van der Waals surface area contributed by atoms with Crippen LogP contribution in [0.2, 0.25) is 5.02 Å². The summed E-state index contributed by atoms with van der Waals surface area (Å²) in [6, 6.07) is 3.77. The minimum atomic E-state index is -0.470. The van der Waals surface area contributed by atoms with E-state index in [0.717, 1.165) is 43.0 Å². The van der Waals surface area contributed by atoms with Crippen LogP contribution in [-0.4, -0.2) is 20.1 Å². The van der Waals surface area contributed by atoms with Gasteiger partial charge in [-0.1, -0.05) is 11.6 Å². The van der Waals surface area contributed by atoms with Crippen molar-refractivity contribution in [2.45, 2.75) is 38.6 Å². The number of aromatic nitrogens is 3. The standard InChI is InChI=1S/C19H18ClFN4O2/c20-14-11-12(21)5-6-16(14)22-17(26)7-8-24-9-10-25-18(19(24)27)13-3-1-2-4-15(13)23-25/h5-6,9-11H,1-4,7-8H2,(H,22,26). The number of hydrogen-bond donors (Lipinski definition) is 1. The average Bonchev–Trinajstić information content (AvgIpc) is 3.03. The maximum atomic E-state index is 13.1. The topological polar surface area (TPSA) is 68.4 Å². The quantitative estimate of drug-likeness (QED) is 0.746. The molecule has 2 aromatic heterocycles. The summed E-state index contributed by atoms with van der Waals surface area (Å²) in [5.74, 6) is -0.771. The fourth-order valence-electron chi connectivity index (χ4n) is 3.46. The average molecular weight is 389 g/mol. The monoisotopic (exact) mass is 388 g/mol. The Balaban J connectivity index is 1.51. The molecule has 0 saturated heterocycles. The van der Waals surface area contributed by atoms with Crippen LogP contribution in [-0.2, 0) is 24.2 Å². The van der Waals surface area contributed by atoms with E-state index in [1.165, 1.54) is 16.7 Å². The van der Waals surface area contributed by atoms with Crippen molar-refractivity contribution in [1.29, 1.82) is 0 Å². The van der Waals surface area contributed by atoms with Gasteiger partial charge in [-0.2, -0.15) is 5.10 Å². The van der Waals surface area contributed by atoms with E-state index in [1.807, 2.05) is 0 Å². The summed E-state index contributed by atoms with van der Waals surface area (Å²) in [4.78, 5) is 25.0. The molecule has 1 amide bonds. The van der Waals surface area contributed by atoms with Crippen molar-refractivity contribution < 1.29 is 9.18 Å². The van der Waals surface area contributed by atoms with E-state index in [1.54, 1.807) is 16.9 Å². The van der Waals surface area contributed by atoms with Gasteiger partial charge in [-0.05, 0) is 43.9 Å². The predicted molar refractivity (Wildman–Crippen MR) is 101 cm³/mol. The molecule has 1 aliphatic carbocycles. The Morgan fingerprint density at radius 3 is 2.89 bits per heavy atom. The molecule has 0 bridgehead atoms. The highest BCUT2D eigenvalue weighted by Gasteiger charge is 2.19. The van der Waals surface area contributed by atoms with Gasteiger partial charge < -0.3 is 9.88 Å². The molecule has 1 aliphatic rings. The summed E-state index contributed by atoms with van der Waals surface area (Å²) in [5, 5.41) is 7.27. The molecule has 140 valence electrons. The molecule has 0 spiro atoms. The van der Waals surface area contributed by atoms with Crippen molar-refractivity contribution in [3.63, 3.8) is 0 Å². The second kappa shape index (κ2) is 7.15. The third-order valence-corrected chi connectivity index (χ3v) is 5.13. The lowest BCUT2D eigenvalue weighted by molar-refractivity contribution is -0.116. The van der Waals surface area contributed by atoms with Crippen molar-refractivity contribution in [3.05, 3.63) is 63.0 Å². The lowest BCUT2D eigenvalue weighted by Gasteiger charge is -2.10. The summed E-state index contributed by atoms with van der Waals surface area (Å²) >= 11 is 5.92. The van der Waals surface area contributed by atoms with E-state index in [-0.39, 0.29) is 29.5 Å². The molecule has 3 aromatic rings. The number of anilines is 1. The van der Waals surface area contributed by atoms with Crippen LogP contribution in [0.3, 0.4) is 0 Å². The van der Waals surface area contributed by atoms with Gasteiger partial charge in [0.05, 0.1) is 16.4 Å². The normalized spacial score (nSPS) is 13.6. The molecular formula is C19H18ClFN4O2. The Kier molecular flexibility index (Phi) is 4.70. The van der Waals surface area contributed by atoms with E-state index >= 15 is 0 Å². The van der Waals surface area contributed by atoms with E-state index in [9.17, 15) is 14.0 Å². The SMILES string of the molecule is O=C(CCn1ccn2nc3c(c2c1=O)CCCC3)Nc1ccc(F)cc1Cl. The van der Waals surface area contributed by atoms with Gasteiger partial charge in [-0.15, -0.1) is 0 Å². The molecule has 6 nitrogen and oxygen atoms in total. The van der Waals surface area contributed by atoms with Gasteiger partial charge in [0.15, 0.2) is 0 Å². The first-order valence-electron chi connectivity index (χ1n) is 8.87. The van der Waals surface area contributed by atoms with Crippen molar-refractivity contribution >= 4 is 28.7 Å². The Morgan fingerprint density at radius 2 is 2.07 bits per heavy atom. The van der Waals surface area contributed by atoms with Gasteiger partial charge in [0.2, 0.25) is 5.91 Å². The number of fused-ring (bicyclic) bond motifs is 3. The third kappa shape index (κ3) is 3.47. The molecule has 8 heteroatoms. The largest absolute Gasteiger partial charge is 0.325 e. The summed E-state index contributed by atoms with van der Waals surface area (Å²) < 4.78 is 16.2. The summed E-state index contributed by atoms with van der Waals surface area (Å²) in [5.41, 5.74) is 2.84. The Labute approximate surface area is 159 Å². The highest BCUT2D eigenvalue weighted by Crippen LogP contribution is 2.23. The number of amides is 1. The van der Waals surface area contributed by atoms with Gasteiger partial charge in [-0.3, -0.25) is 9.59 Å². The predicted octanol–water partition coefficient (Wildman–Crippen LogP) is 3.20. The van der Waals surface area contributed by atoms with Gasteiger partial charge in [-0.25, -0.2) is 8.91 Å². The molecule has 1 N–H and O–H groups in total. The number of rotatable bonds is 4. The zero-order valence-electron chi connectivity index (χ0n) is 14.5. The molecule has 0 fully saturated rings. The lowest BCUT2D eigenvalue weighted by Crippen LogP contribution is -2.25. The fourth-order valence-corrected chi connectivity index (χ4v) is 3.67. The molecule has 2 heterocycles. The maximum Gasteiger partial charge on any atom is 0.276 e. The smallest absolute Gasteiger partial charge is 0.276 e. The Morgan fingerprint density at radius 1 is 1.26 bits per heavy atom. The van der Waals surface area contributed by atoms with E-state index in [4.69, 9.17) is 11.6 Å². The highest BCUT2D eigenvalue weighted by molar-refractivity contribution is 6.33. The van der Waals surface area contributed by atoms with Crippen molar-refractivity contribution in [3.8, 4) is 0 Å². The van der Waals surface area contributed by atoms with Crippen LogP contribution in [0.4, 0.5) is 10.1 Å². The van der Waals surface area contributed by atoms with E-state index in [2.05, 4.69) is 10.4 Å². The molecule has 0 saturated carbocycles. The minimum absolute atomic E-state index is 0.0973. The summed E-state index contributed by atoms with van der Waals surface area (Å²) in [6.45, 7) is 0.236. The summed E-state index contributed by atoms with van der Waals surface area (Å²) in [6.07, 6.45) is 7.41. The summed E-state index contributed by atoms with van der Waals surface area (Å²) in [7, 11) is 0. The van der Waals surface area contributed by atoms with Crippen LogP contribution in [0.1, 0.15) is 30.5 Å². The molecule has 0 atom stereocenters. The zero-order valence-corrected chi connectivity index (χ0v) is 15.3. The van der Waals surface area contributed by atoms with Gasteiger partial charge in [0.25, 0.3) is 5.56 Å². The minimum Gasteiger partial charge on any atom is -0.325 e. The molecular weight excluding hydrogens is 371 g/mol. The van der Waals surface area contributed by atoms with Crippen LogP contribution in [0.5, 0.6) is 0 Å². The maximum absolute atomic E-state index is 13.1. The number of nitrogens with one attached hydrogen (secondary N) is 1. The Bertz CT molecular complexity index is 1090. The fraction of sp³-hybridized carbons (Fsp3) is 0.316. The van der Waals surface area contributed by atoms with Crippen molar-refractivity contribution in [1.82, 2.24) is 14.2 Å². The van der Waals surface area contributed by atoms with E-state index < -0.39 is 5.82 Å². The number of hydrogen-bond acceptors (Lipinski definition) is 3. The first kappa shape index (κ1) is 17.7. The lowest BCUT2D eigenvalue weighted by atomic mass is 9.97. The molecule has 1 aromatic carbocycles. The third-order valence-electron chi connectivity index (χ3n) is 4.82. The zero-order chi connectivity index (χ0) is 19.0. The Hall–Kier alpha value is -2.67. The number of nitrogens with zero attached hydrogens (tertiary/aromatic N) is 3. The van der Waals surface area contributed by atoms with Gasteiger partial charge in [0.1, 0.15) is 11.3 Å². The van der Waals surface area contributed by atoms with Crippen molar-refractivity contribution in [2.24, 2.45) is 0 Å². The van der Waals surface area contributed by atoms with Crippen molar-refractivity contribution in [2.75, 3.05) is 5.32 Å². The highest BCUT2D eigenvalue weighted by atomic mass is 35.5. The van der Waals surface area contributed by atoms with Crippen LogP contribution < -0.4 is 10.9 Å². The van der Waals surface area contributed by atoms with Crippen LogP contribution in [0.15, 0.2) is 35.4 Å². The van der Waals surface area contributed by atoms with Gasteiger partial charge in [0, 0.05) is 30.9 Å². The number of benzene rings is 1. The number of aryl methyl sites for hydroxylation is 3. The second-order valence-corrected chi connectivity index (χ2v) is 7.05. The number of carbonyl (C=O) groups excluding carboxylic acids is 1. The molecule has 4 rings (SSSR count). The molecule has 27 heavy (non-hydrogen) atoms. The molecule has 0 radical (unpaired) electrons. The molecule has 0 aliphatic heterocycles. The van der Waals surface area contributed by atoms with Crippen LogP contribution in [0, 0.1) is 5.82 Å².